The third kappa shape index (κ3) is 2.73. The first-order chi connectivity index (χ1) is 8.95. The fraction of sp³-hybridized carbons (Fsp3) is 0.533. The fourth-order valence-electron chi connectivity index (χ4n) is 2.33. The molecular formula is C15H22N2O2. The van der Waals surface area contributed by atoms with Crippen molar-refractivity contribution in [1.29, 1.82) is 0 Å². The maximum atomic E-state index is 12.3. The third-order valence-electron chi connectivity index (χ3n) is 4.03. The Bertz CT molecular complexity index is 471. The van der Waals surface area contributed by atoms with E-state index in [1.807, 2.05) is 32.0 Å². The highest BCUT2D eigenvalue weighted by Crippen LogP contribution is 2.33. The Labute approximate surface area is 114 Å². The molecule has 1 atom stereocenters. The number of benzene rings is 1. The Morgan fingerprint density at radius 3 is 2.84 bits per heavy atom. The molecule has 2 rings (SSSR count). The molecule has 0 radical (unpaired) electrons. The van der Waals surface area contributed by atoms with Crippen molar-refractivity contribution in [3.63, 3.8) is 0 Å². The molecule has 1 aliphatic heterocycles. The summed E-state index contributed by atoms with van der Waals surface area (Å²) in [7, 11) is 1.76. The number of nitrogens with one attached hydrogen (secondary N) is 1. The summed E-state index contributed by atoms with van der Waals surface area (Å²) in [6.45, 7) is 4.50. The predicted molar refractivity (Wildman–Crippen MR) is 76.2 cm³/mol. The quantitative estimate of drug-likeness (QED) is 0.870. The van der Waals surface area contributed by atoms with Gasteiger partial charge in [-0.3, -0.25) is 4.79 Å². The molecule has 0 spiro atoms. The molecule has 0 bridgehead atoms. The summed E-state index contributed by atoms with van der Waals surface area (Å²) < 4.78 is 0. The first kappa shape index (κ1) is 13.9. The highest BCUT2D eigenvalue weighted by atomic mass is 16.3. The van der Waals surface area contributed by atoms with Crippen LogP contribution < -0.4 is 5.32 Å². The molecule has 4 heteroatoms. The third-order valence-corrected chi connectivity index (χ3v) is 4.03. The molecule has 4 nitrogen and oxygen atoms in total. The number of para-hydroxylation sites is 1. The number of carbonyl (C=O) groups is 1. The van der Waals surface area contributed by atoms with Crippen molar-refractivity contribution in [3.05, 3.63) is 29.8 Å². The molecule has 104 valence electrons. The van der Waals surface area contributed by atoms with Crippen LogP contribution in [0.1, 0.15) is 31.7 Å². The topological polar surface area (TPSA) is 52.6 Å². The average Bonchev–Trinajstić information content (AvgIpc) is 2.81. The normalized spacial score (nSPS) is 17.8. The minimum absolute atomic E-state index is 0.0330. The van der Waals surface area contributed by atoms with Gasteiger partial charge in [0.1, 0.15) is 0 Å². The van der Waals surface area contributed by atoms with E-state index in [4.69, 9.17) is 0 Å². The number of nitrogens with zero attached hydrogens (tertiary/aromatic N) is 1. The van der Waals surface area contributed by atoms with E-state index in [1.165, 1.54) is 5.56 Å². The van der Waals surface area contributed by atoms with Crippen LogP contribution in [-0.2, 0) is 4.79 Å². The molecule has 0 aliphatic carbocycles. The van der Waals surface area contributed by atoms with Crippen molar-refractivity contribution in [2.75, 3.05) is 25.5 Å². The van der Waals surface area contributed by atoms with Crippen molar-refractivity contribution < 1.29 is 9.90 Å². The minimum atomic E-state index is -0.511. The first-order valence-electron chi connectivity index (χ1n) is 6.66. The molecule has 0 aromatic heterocycles. The number of fused-ring (bicyclic) bond motifs is 1. The monoisotopic (exact) mass is 262 g/mol. The number of aliphatic hydroxyl groups is 1. The van der Waals surface area contributed by atoms with Crippen LogP contribution in [0.5, 0.6) is 0 Å². The average molecular weight is 262 g/mol. The van der Waals surface area contributed by atoms with Gasteiger partial charge in [0, 0.05) is 31.6 Å². The lowest BCUT2D eigenvalue weighted by Crippen LogP contribution is -2.48. The molecule has 1 aromatic carbocycles. The molecule has 19 heavy (non-hydrogen) atoms. The number of rotatable bonds is 4. The van der Waals surface area contributed by atoms with E-state index >= 15 is 0 Å². The Morgan fingerprint density at radius 2 is 2.16 bits per heavy atom. The molecule has 0 saturated heterocycles. The SMILES string of the molecule is CN(C(=O)CC1CNc2ccccc21)C(C)(C)CO. The molecule has 1 heterocycles. The second-order valence-corrected chi connectivity index (χ2v) is 5.79. The van der Waals surface area contributed by atoms with E-state index in [1.54, 1.807) is 11.9 Å². The smallest absolute Gasteiger partial charge is 0.223 e. The van der Waals surface area contributed by atoms with E-state index in [0.717, 1.165) is 12.2 Å². The van der Waals surface area contributed by atoms with Crippen molar-refractivity contribution in [2.24, 2.45) is 0 Å². The highest BCUT2D eigenvalue weighted by molar-refractivity contribution is 5.78. The lowest BCUT2D eigenvalue weighted by molar-refractivity contribution is -0.136. The number of aliphatic hydroxyl groups excluding tert-OH is 1. The Hall–Kier alpha value is -1.55. The second kappa shape index (κ2) is 5.21. The summed E-state index contributed by atoms with van der Waals surface area (Å²) in [6, 6.07) is 8.12. The Balaban J connectivity index is 2.05. The molecule has 0 fully saturated rings. The molecule has 0 saturated carbocycles. The van der Waals surface area contributed by atoms with Crippen LogP contribution in [0, 0.1) is 0 Å². The van der Waals surface area contributed by atoms with Gasteiger partial charge in [-0.25, -0.2) is 0 Å². The standard InChI is InChI=1S/C15H22N2O2/c1-15(2,10-18)17(3)14(19)8-11-9-16-13-7-5-4-6-12(11)13/h4-7,11,16,18H,8-10H2,1-3H3. The fourth-order valence-corrected chi connectivity index (χ4v) is 2.33. The number of anilines is 1. The zero-order chi connectivity index (χ0) is 14.0. The molecule has 1 aliphatic rings. The van der Waals surface area contributed by atoms with Crippen molar-refractivity contribution in [1.82, 2.24) is 4.90 Å². The van der Waals surface area contributed by atoms with Gasteiger partial charge in [-0.2, -0.15) is 0 Å². The summed E-state index contributed by atoms with van der Waals surface area (Å²) in [5.74, 6) is 0.295. The van der Waals surface area contributed by atoms with E-state index in [-0.39, 0.29) is 18.4 Å². The Kier molecular flexibility index (Phi) is 3.80. The van der Waals surface area contributed by atoms with Gasteiger partial charge in [0.2, 0.25) is 5.91 Å². The van der Waals surface area contributed by atoms with Crippen LogP contribution in [-0.4, -0.2) is 41.7 Å². The zero-order valence-corrected chi connectivity index (χ0v) is 11.8. The largest absolute Gasteiger partial charge is 0.394 e. The molecule has 1 unspecified atom stereocenters. The van der Waals surface area contributed by atoms with E-state index in [9.17, 15) is 9.90 Å². The lowest BCUT2D eigenvalue weighted by atomic mass is 9.96. The summed E-state index contributed by atoms with van der Waals surface area (Å²) in [5, 5.41) is 12.7. The number of hydrogen-bond acceptors (Lipinski definition) is 3. The van der Waals surface area contributed by atoms with Crippen LogP contribution in [0.2, 0.25) is 0 Å². The maximum absolute atomic E-state index is 12.3. The van der Waals surface area contributed by atoms with Gasteiger partial charge < -0.3 is 15.3 Å². The number of likely N-dealkylation sites (N-methyl/N-ethyl adjacent to an activating group) is 1. The van der Waals surface area contributed by atoms with Crippen molar-refractivity contribution >= 4 is 11.6 Å². The van der Waals surface area contributed by atoms with Gasteiger partial charge in [0.05, 0.1) is 12.1 Å². The van der Waals surface area contributed by atoms with E-state index in [2.05, 4.69) is 11.4 Å². The molecule has 2 N–H and O–H groups in total. The number of carbonyl (C=O) groups excluding carboxylic acids is 1. The summed E-state index contributed by atoms with van der Waals surface area (Å²) in [6.07, 6.45) is 0.476. The van der Waals surface area contributed by atoms with E-state index in [0.29, 0.717) is 6.42 Å². The number of amides is 1. The van der Waals surface area contributed by atoms with Crippen LogP contribution in [0.3, 0.4) is 0 Å². The lowest BCUT2D eigenvalue weighted by Gasteiger charge is -2.34. The molecule has 1 aromatic rings. The van der Waals surface area contributed by atoms with Crippen LogP contribution in [0.15, 0.2) is 24.3 Å². The van der Waals surface area contributed by atoms with Crippen LogP contribution in [0.25, 0.3) is 0 Å². The summed E-state index contributed by atoms with van der Waals surface area (Å²) in [5.41, 5.74) is 1.83. The zero-order valence-electron chi connectivity index (χ0n) is 11.8. The first-order valence-corrected chi connectivity index (χ1v) is 6.66. The van der Waals surface area contributed by atoms with Crippen molar-refractivity contribution in [2.45, 2.75) is 31.7 Å². The van der Waals surface area contributed by atoms with Gasteiger partial charge in [-0.15, -0.1) is 0 Å². The number of hydrogen-bond donors (Lipinski definition) is 2. The summed E-state index contributed by atoms with van der Waals surface area (Å²) >= 11 is 0. The van der Waals surface area contributed by atoms with Crippen LogP contribution in [0.4, 0.5) is 5.69 Å². The van der Waals surface area contributed by atoms with E-state index < -0.39 is 5.54 Å². The van der Waals surface area contributed by atoms with Crippen LogP contribution >= 0.6 is 0 Å². The molecular weight excluding hydrogens is 240 g/mol. The van der Waals surface area contributed by atoms with Gasteiger partial charge in [0.25, 0.3) is 0 Å². The second-order valence-electron chi connectivity index (χ2n) is 5.79. The molecule has 1 amide bonds. The minimum Gasteiger partial charge on any atom is -0.394 e. The van der Waals surface area contributed by atoms with Gasteiger partial charge >= 0.3 is 0 Å². The van der Waals surface area contributed by atoms with Crippen molar-refractivity contribution in [3.8, 4) is 0 Å². The van der Waals surface area contributed by atoms with Gasteiger partial charge in [-0.1, -0.05) is 18.2 Å². The van der Waals surface area contributed by atoms with Gasteiger partial charge in [0.15, 0.2) is 0 Å². The highest BCUT2D eigenvalue weighted by Gasteiger charge is 2.30. The maximum Gasteiger partial charge on any atom is 0.223 e. The predicted octanol–water partition coefficient (Wildman–Crippen LogP) is 1.82. The summed E-state index contributed by atoms with van der Waals surface area (Å²) in [4.78, 5) is 13.9. The Morgan fingerprint density at radius 1 is 1.47 bits per heavy atom. The van der Waals surface area contributed by atoms with Gasteiger partial charge in [-0.05, 0) is 25.5 Å².